The number of hydrogen-bond donors (Lipinski definition) is 3. The number of thiol groups is 1. The Labute approximate surface area is 129 Å². The van der Waals surface area contributed by atoms with Crippen LogP contribution in [0.1, 0.15) is 5.56 Å². The van der Waals surface area contributed by atoms with Crippen molar-refractivity contribution < 1.29 is 9.13 Å². The Morgan fingerprint density at radius 2 is 1.90 bits per heavy atom. The number of nitrogens with two attached hydrogens (primary N) is 2. The van der Waals surface area contributed by atoms with E-state index in [2.05, 4.69) is 12.6 Å². The fourth-order valence-electron chi connectivity index (χ4n) is 1.97. The molecule has 0 radical (unpaired) electrons. The highest BCUT2D eigenvalue weighted by atomic mass is 32.1. The summed E-state index contributed by atoms with van der Waals surface area (Å²) >= 11 is 4.37. The quantitative estimate of drug-likeness (QED) is 0.719. The van der Waals surface area contributed by atoms with E-state index in [1.165, 1.54) is 0 Å². The molecule has 0 spiro atoms. The maximum Gasteiger partial charge on any atom is 0.146 e. The summed E-state index contributed by atoms with van der Waals surface area (Å²) in [6.07, 6.45) is -1.17. The van der Waals surface area contributed by atoms with Crippen LogP contribution in [0, 0.1) is 0 Å². The molecule has 5 heteroatoms. The zero-order valence-electron chi connectivity index (χ0n) is 11.6. The molecule has 0 aliphatic carbocycles. The fourth-order valence-corrected chi connectivity index (χ4v) is 2.23. The van der Waals surface area contributed by atoms with Crippen LogP contribution in [-0.2, 0) is 6.54 Å². The highest BCUT2D eigenvalue weighted by Crippen LogP contribution is 2.28. The van der Waals surface area contributed by atoms with Crippen LogP contribution in [0.4, 0.5) is 4.39 Å². The number of benzene rings is 2. The Bertz CT molecular complexity index is 607. The first-order valence-corrected chi connectivity index (χ1v) is 7.17. The summed E-state index contributed by atoms with van der Waals surface area (Å²) < 4.78 is 18.6. The molecule has 0 aliphatic heterocycles. The lowest BCUT2D eigenvalue weighted by atomic mass is 10.0. The van der Waals surface area contributed by atoms with Crippen molar-refractivity contribution in [3.05, 3.63) is 48.0 Å². The van der Waals surface area contributed by atoms with Crippen LogP contribution in [0.25, 0.3) is 11.1 Å². The van der Waals surface area contributed by atoms with E-state index in [1.54, 1.807) is 6.07 Å². The van der Waals surface area contributed by atoms with E-state index in [0.29, 0.717) is 12.3 Å². The molecule has 3 nitrogen and oxygen atoms in total. The smallest absolute Gasteiger partial charge is 0.146 e. The lowest BCUT2D eigenvalue weighted by molar-refractivity contribution is 0.201. The maximum atomic E-state index is 13.2. The molecule has 0 aliphatic rings. The summed E-state index contributed by atoms with van der Waals surface area (Å²) in [5, 5.41) is 0. The Morgan fingerprint density at radius 3 is 2.62 bits per heavy atom. The lowest BCUT2D eigenvalue weighted by Crippen LogP contribution is -2.22. The van der Waals surface area contributed by atoms with Gasteiger partial charge in [-0.25, -0.2) is 4.39 Å². The summed E-state index contributed by atoms with van der Waals surface area (Å²) in [5.74, 6) is 0.576. The number of halogens is 1. The molecule has 4 N–H and O–H groups in total. The molecule has 0 fully saturated rings. The molecule has 0 amide bonds. The van der Waals surface area contributed by atoms with Gasteiger partial charge < -0.3 is 16.2 Å². The van der Waals surface area contributed by atoms with Crippen LogP contribution in [0.3, 0.4) is 0 Å². The third kappa shape index (κ3) is 4.46. The largest absolute Gasteiger partial charge is 0.490 e. The monoisotopic (exact) mass is 306 g/mol. The van der Waals surface area contributed by atoms with Gasteiger partial charge in [-0.3, -0.25) is 0 Å². The lowest BCUT2D eigenvalue weighted by Gasteiger charge is -2.11. The first kappa shape index (κ1) is 15.8. The summed E-state index contributed by atoms with van der Waals surface area (Å²) in [5.41, 5.74) is 13.9. The normalized spacial score (nSPS) is 12.2. The molecule has 0 heterocycles. The molecule has 2 rings (SSSR count). The fraction of sp³-hybridized carbons (Fsp3) is 0.250. The molecule has 0 bridgehead atoms. The van der Waals surface area contributed by atoms with Crippen molar-refractivity contribution in [3.63, 3.8) is 0 Å². The molecule has 0 aromatic heterocycles. The van der Waals surface area contributed by atoms with Crippen LogP contribution in [0.15, 0.2) is 47.4 Å². The van der Waals surface area contributed by atoms with Crippen LogP contribution in [0.2, 0.25) is 0 Å². The van der Waals surface area contributed by atoms with E-state index in [-0.39, 0.29) is 13.2 Å². The van der Waals surface area contributed by atoms with Gasteiger partial charge in [0.1, 0.15) is 18.5 Å². The highest BCUT2D eigenvalue weighted by Gasteiger charge is 2.07. The van der Waals surface area contributed by atoms with Crippen LogP contribution in [-0.4, -0.2) is 19.3 Å². The van der Waals surface area contributed by atoms with Crippen molar-refractivity contribution in [2.45, 2.75) is 17.6 Å². The number of ether oxygens (including phenoxy) is 1. The zero-order valence-corrected chi connectivity index (χ0v) is 12.5. The van der Waals surface area contributed by atoms with Gasteiger partial charge in [0.2, 0.25) is 0 Å². The molecule has 21 heavy (non-hydrogen) atoms. The summed E-state index contributed by atoms with van der Waals surface area (Å²) in [6.45, 7) is 0.375. The average Bonchev–Trinajstić information content (AvgIpc) is 2.52. The van der Waals surface area contributed by atoms with Gasteiger partial charge in [-0.15, -0.1) is 12.6 Å². The Balaban J connectivity index is 2.25. The van der Waals surface area contributed by atoms with Crippen molar-refractivity contribution in [2.75, 3.05) is 13.2 Å². The van der Waals surface area contributed by atoms with Gasteiger partial charge in [0.15, 0.2) is 0 Å². The molecule has 0 saturated carbocycles. The highest BCUT2D eigenvalue weighted by molar-refractivity contribution is 7.80. The number of hydrogen-bond acceptors (Lipinski definition) is 4. The molecule has 1 atom stereocenters. The van der Waals surface area contributed by atoms with Crippen molar-refractivity contribution in [3.8, 4) is 16.9 Å². The van der Waals surface area contributed by atoms with Crippen molar-refractivity contribution in [2.24, 2.45) is 11.5 Å². The van der Waals surface area contributed by atoms with E-state index in [9.17, 15) is 4.39 Å². The van der Waals surface area contributed by atoms with Gasteiger partial charge in [-0.2, -0.15) is 0 Å². The third-order valence-electron chi connectivity index (χ3n) is 3.07. The Kier molecular flexibility index (Phi) is 5.61. The minimum absolute atomic E-state index is 0.0496. The predicted molar refractivity (Wildman–Crippen MR) is 86.5 cm³/mol. The van der Waals surface area contributed by atoms with Crippen LogP contribution < -0.4 is 16.2 Å². The number of rotatable bonds is 6. The molecule has 2 aromatic carbocycles. The zero-order chi connectivity index (χ0) is 15.2. The molecule has 1 unspecified atom stereocenters. The molecule has 112 valence electrons. The van der Waals surface area contributed by atoms with Gasteiger partial charge >= 0.3 is 0 Å². The summed E-state index contributed by atoms with van der Waals surface area (Å²) in [4.78, 5) is 0.754. The van der Waals surface area contributed by atoms with E-state index >= 15 is 0 Å². The van der Waals surface area contributed by atoms with E-state index < -0.39 is 6.17 Å². The second-order valence-corrected chi connectivity index (χ2v) is 5.28. The standard InChI is InChI=1S/C16H19FN2OS/c17-14(9-19)10-20-15-5-13(6-16(21)7-15)12-3-1-2-11(4-12)8-18/h1-7,14,21H,8-10,18-19H2. The average molecular weight is 306 g/mol. The SMILES string of the molecule is NCc1cccc(-c2cc(S)cc(OCC(F)CN)c2)c1. The van der Waals surface area contributed by atoms with Crippen molar-refractivity contribution in [1.29, 1.82) is 0 Å². The van der Waals surface area contributed by atoms with Gasteiger partial charge in [-0.05, 0) is 41.0 Å². The Hall–Kier alpha value is -1.56. The van der Waals surface area contributed by atoms with Gasteiger partial charge in [0.25, 0.3) is 0 Å². The van der Waals surface area contributed by atoms with E-state index in [4.69, 9.17) is 16.2 Å². The molecular weight excluding hydrogens is 287 g/mol. The van der Waals surface area contributed by atoms with Crippen molar-refractivity contribution >= 4 is 12.6 Å². The Morgan fingerprint density at radius 1 is 1.10 bits per heavy atom. The summed E-state index contributed by atoms with van der Waals surface area (Å²) in [6, 6.07) is 13.5. The first-order valence-electron chi connectivity index (χ1n) is 6.72. The summed E-state index contributed by atoms with van der Waals surface area (Å²) in [7, 11) is 0. The molecular formula is C16H19FN2OS. The van der Waals surface area contributed by atoms with E-state index in [0.717, 1.165) is 21.6 Å². The van der Waals surface area contributed by atoms with Gasteiger partial charge in [-0.1, -0.05) is 18.2 Å². The second kappa shape index (κ2) is 7.45. The van der Waals surface area contributed by atoms with Gasteiger partial charge in [0, 0.05) is 18.0 Å². The molecule has 0 saturated heterocycles. The predicted octanol–water partition coefficient (Wildman–Crippen LogP) is 2.78. The minimum Gasteiger partial charge on any atom is -0.490 e. The maximum absolute atomic E-state index is 13.2. The van der Waals surface area contributed by atoms with Crippen LogP contribution in [0.5, 0.6) is 5.75 Å². The topological polar surface area (TPSA) is 61.3 Å². The second-order valence-electron chi connectivity index (χ2n) is 4.76. The van der Waals surface area contributed by atoms with Crippen LogP contribution >= 0.6 is 12.6 Å². The molecule has 2 aromatic rings. The first-order chi connectivity index (χ1) is 10.1. The number of alkyl halides is 1. The van der Waals surface area contributed by atoms with E-state index in [1.807, 2.05) is 36.4 Å². The minimum atomic E-state index is -1.17. The van der Waals surface area contributed by atoms with Crippen molar-refractivity contribution in [1.82, 2.24) is 0 Å². The third-order valence-corrected chi connectivity index (χ3v) is 3.33. The van der Waals surface area contributed by atoms with Gasteiger partial charge in [0.05, 0.1) is 0 Å².